The zero-order chi connectivity index (χ0) is 31.5. The third kappa shape index (κ3) is 4.66. The number of piperidine rings is 1. The number of rotatable bonds is 6. The van der Waals surface area contributed by atoms with Gasteiger partial charge in [-0.15, -0.1) is 0 Å². The van der Waals surface area contributed by atoms with Crippen LogP contribution in [0.3, 0.4) is 0 Å². The molecule has 4 atom stereocenters. The molecule has 6 rings (SSSR count). The molecule has 0 bridgehead atoms. The van der Waals surface area contributed by atoms with Crippen molar-refractivity contribution in [2.45, 2.75) is 49.9 Å². The largest absolute Gasteiger partial charge is 0.510 e. The molecule has 0 saturated carbocycles. The minimum absolute atomic E-state index is 0.0114. The Bertz CT molecular complexity index is 1590. The summed E-state index contributed by atoms with van der Waals surface area (Å²) >= 11 is 0. The van der Waals surface area contributed by atoms with Gasteiger partial charge in [-0.05, 0) is 69.0 Å². The number of hydrogen-bond acceptors (Lipinski definition) is 10. The Morgan fingerprint density at radius 3 is 2.39 bits per heavy atom. The average Bonchev–Trinajstić information content (AvgIpc) is 2.97. The highest BCUT2D eigenvalue weighted by molar-refractivity contribution is 6.24. The monoisotopic (exact) mass is 602 g/mol. The minimum Gasteiger partial charge on any atom is -0.510 e. The van der Waals surface area contributed by atoms with Gasteiger partial charge in [0.05, 0.1) is 11.6 Å². The lowest BCUT2D eigenvalue weighted by Gasteiger charge is -2.50. The Morgan fingerprint density at radius 1 is 1.07 bits per heavy atom. The Labute approximate surface area is 255 Å². The van der Waals surface area contributed by atoms with Gasteiger partial charge in [0.15, 0.2) is 11.4 Å². The van der Waals surface area contributed by atoms with Crippen LogP contribution in [0.5, 0.6) is 5.75 Å². The molecule has 3 aliphatic carbocycles. The van der Waals surface area contributed by atoms with Crippen LogP contribution in [0, 0.1) is 11.8 Å². The topological polar surface area (TPSA) is 177 Å². The fourth-order valence-electron chi connectivity index (χ4n) is 7.68. The molecule has 11 heteroatoms. The Kier molecular flexibility index (Phi) is 7.51. The number of likely N-dealkylation sites (N-methyl/N-ethyl adjacent to an activating group) is 1. The van der Waals surface area contributed by atoms with Gasteiger partial charge in [-0.2, -0.15) is 0 Å². The van der Waals surface area contributed by atoms with E-state index in [4.69, 9.17) is 5.73 Å². The van der Waals surface area contributed by atoms with E-state index in [0.717, 1.165) is 38.2 Å². The predicted octanol–water partition coefficient (Wildman–Crippen LogP) is 2.20. The van der Waals surface area contributed by atoms with E-state index in [1.165, 1.54) is 11.6 Å². The molecule has 1 saturated heterocycles. The molecule has 7 N–H and O–H groups in total. The molecule has 0 radical (unpaired) electrons. The molecule has 4 aliphatic rings. The highest BCUT2D eigenvalue weighted by Gasteiger charge is 2.63. The summed E-state index contributed by atoms with van der Waals surface area (Å²) in [4.78, 5) is 43.5. The molecule has 2 aromatic rings. The SMILES string of the molecule is CN(C)C1C(O)=C(C(N)=O)C(=O)C2(O)C(O)=C3C(=O)c4c(O)ccc(NC5CCN(Cc6ccccc6)CC5)c4CC3CC12. The summed E-state index contributed by atoms with van der Waals surface area (Å²) in [5, 5.41) is 48.6. The van der Waals surface area contributed by atoms with Crippen molar-refractivity contribution in [1.29, 1.82) is 0 Å². The Morgan fingerprint density at radius 2 is 1.75 bits per heavy atom. The van der Waals surface area contributed by atoms with Crippen molar-refractivity contribution < 1.29 is 34.8 Å². The number of anilines is 1. The zero-order valence-electron chi connectivity index (χ0n) is 24.8. The van der Waals surface area contributed by atoms with Gasteiger partial charge < -0.3 is 31.5 Å². The zero-order valence-corrected chi connectivity index (χ0v) is 24.8. The number of aromatic hydroxyl groups is 1. The lowest BCUT2D eigenvalue weighted by Crippen LogP contribution is -2.63. The number of aliphatic hydroxyl groups excluding tert-OH is 2. The lowest BCUT2D eigenvalue weighted by molar-refractivity contribution is -0.148. The first kappa shape index (κ1) is 29.9. The van der Waals surface area contributed by atoms with Crippen LogP contribution in [-0.2, 0) is 22.6 Å². The number of allylic oxidation sites excluding steroid dienone is 1. The number of nitrogens with zero attached hydrogens (tertiary/aromatic N) is 2. The number of phenolic OH excluding ortho intramolecular Hbond substituents is 1. The number of likely N-dealkylation sites (tertiary alicyclic amines) is 1. The molecule has 0 aromatic heterocycles. The predicted molar refractivity (Wildman–Crippen MR) is 162 cm³/mol. The summed E-state index contributed by atoms with van der Waals surface area (Å²) in [6.45, 7) is 2.69. The molecule has 1 fully saturated rings. The first-order chi connectivity index (χ1) is 20.9. The van der Waals surface area contributed by atoms with E-state index in [-0.39, 0.29) is 35.8 Å². The molecule has 44 heavy (non-hydrogen) atoms. The van der Waals surface area contributed by atoms with Crippen LogP contribution in [0.4, 0.5) is 5.69 Å². The first-order valence-electron chi connectivity index (χ1n) is 15.0. The quantitative estimate of drug-likeness (QED) is 0.212. The molecular formula is C33H38N4O7. The minimum atomic E-state index is -2.65. The van der Waals surface area contributed by atoms with Crippen LogP contribution in [-0.4, -0.2) is 92.6 Å². The van der Waals surface area contributed by atoms with E-state index in [1.807, 2.05) is 18.2 Å². The molecule has 1 aliphatic heterocycles. The van der Waals surface area contributed by atoms with Gasteiger partial charge in [0.25, 0.3) is 5.91 Å². The van der Waals surface area contributed by atoms with Crippen LogP contribution in [0.25, 0.3) is 0 Å². The van der Waals surface area contributed by atoms with Crippen molar-refractivity contribution in [3.05, 3.63) is 81.8 Å². The summed E-state index contributed by atoms with van der Waals surface area (Å²) in [5.74, 6) is -6.56. The smallest absolute Gasteiger partial charge is 0.255 e. The number of fused-ring (bicyclic) bond motifs is 3. The summed E-state index contributed by atoms with van der Waals surface area (Å²) in [7, 11) is 3.22. The molecule has 1 amide bonds. The second kappa shape index (κ2) is 11.1. The normalized spacial score (nSPS) is 27.7. The summed E-state index contributed by atoms with van der Waals surface area (Å²) < 4.78 is 0. The van der Waals surface area contributed by atoms with Crippen molar-refractivity contribution in [1.82, 2.24) is 9.80 Å². The van der Waals surface area contributed by atoms with Crippen LogP contribution >= 0.6 is 0 Å². The summed E-state index contributed by atoms with van der Waals surface area (Å²) in [5.41, 5.74) is 4.37. The van der Waals surface area contributed by atoms with Crippen molar-refractivity contribution in [2.24, 2.45) is 17.6 Å². The van der Waals surface area contributed by atoms with Gasteiger partial charge in [0.2, 0.25) is 5.78 Å². The number of phenols is 1. The number of amides is 1. The number of Topliss-reactive ketones (excluding diaryl/α,β-unsaturated/α-hetero) is 2. The highest BCUT2D eigenvalue weighted by Crippen LogP contribution is 2.53. The van der Waals surface area contributed by atoms with E-state index in [1.54, 1.807) is 25.1 Å². The van der Waals surface area contributed by atoms with E-state index >= 15 is 0 Å². The number of nitrogens with two attached hydrogens (primary N) is 1. The van der Waals surface area contributed by atoms with Crippen LogP contribution in [0.1, 0.15) is 40.7 Å². The van der Waals surface area contributed by atoms with Gasteiger partial charge in [-0.1, -0.05) is 30.3 Å². The van der Waals surface area contributed by atoms with Crippen molar-refractivity contribution in [3.63, 3.8) is 0 Å². The fourth-order valence-corrected chi connectivity index (χ4v) is 7.68. The summed E-state index contributed by atoms with van der Waals surface area (Å²) in [6.07, 6.45) is 2.08. The molecular weight excluding hydrogens is 564 g/mol. The maximum Gasteiger partial charge on any atom is 0.255 e. The number of nitrogens with one attached hydrogen (secondary N) is 1. The molecule has 0 spiro atoms. The second-order valence-electron chi connectivity index (χ2n) is 12.6. The number of benzene rings is 2. The van der Waals surface area contributed by atoms with Crippen LogP contribution < -0.4 is 11.1 Å². The van der Waals surface area contributed by atoms with E-state index < -0.39 is 58.0 Å². The standard InChI is InChI=1S/C33H38N4O7/c1-36(2)27-21-15-18-14-20-22(35-19-10-12-37(13-11-19)16-17-6-4-3-5-7-17)8-9-23(38)25(20)28(39)24(18)30(41)33(21,44)31(42)26(29(27)40)32(34)43/h3-9,18-19,21,27,35,38,40-41,44H,10-16H2,1-2H3,(H2,34,43). The average molecular weight is 603 g/mol. The van der Waals surface area contributed by atoms with E-state index in [0.29, 0.717) is 5.56 Å². The van der Waals surface area contributed by atoms with Crippen LogP contribution in [0.15, 0.2) is 65.1 Å². The maximum atomic E-state index is 14.0. The number of carbonyl (C=O) groups excluding carboxylic acids is 3. The molecule has 1 heterocycles. The first-order valence-corrected chi connectivity index (χ1v) is 15.0. The fraction of sp³-hybridized carbons (Fsp3) is 0.424. The van der Waals surface area contributed by atoms with Crippen molar-refractivity contribution in [2.75, 3.05) is 32.5 Å². The van der Waals surface area contributed by atoms with Gasteiger partial charge >= 0.3 is 0 Å². The van der Waals surface area contributed by atoms with Crippen LogP contribution in [0.2, 0.25) is 0 Å². The molecule has 4 unspecified atom stereocenters. The lowest BCUT2D eigenvalue weighted by atomic mass is 9.58. The molecule has 11 nitrogen and oxygen atoms in total. The number of primary amides is 1. The third-order valence-electron chi connectivity index (χ3n) is 9.80. The number of aliphatic hydroxyl groups is 3. The van der Waals surface area contributed by atoms with Gasteiger partial charge in [0, 0.05) is 42.9 Å². The summed E-state index contributed by atoms with van der Waals surface area (Å²) in [6, 6.07) is 12.6. The molecule has 232 valence electrons. The maximum absolute atomic E-state index is 14.0. The second-order valence-corrected chi connectivity index (χ2v) is 12.6. The third-order valence-corrected chi connectivity index (χ3v) is 9.80. The number of hydrogen-bond donors (Lipinski definition) is 6. The molecule has 2 aromatic carbocycles. The van der Waals surface area contributed by atoms with Crippen molar-refractivity contribution >= 4 is 23.2 Å². The van der Waals surface area contributed by atoms with E-state index in [2.05, 4.69) is 22.3 Å². The van der Waals surface area contributed by atoms with Gasteiger partial charge in [0.1, 0.15) is 22.8 Å². The van der Waals surface area contributed by atoms with Gasteiger partial charge in [-0.3, -0.25) is 24.2 Å². The van der Waals surface area contributed by atoms with Crippen molar-refractivity contribution in [3.8, 4) is 5.75 Å². The van der Waals surface area contributed by atoms with Gasteiger partial charge in [-0.25, -0.2) is 0 Å². The van der Waals surface area contributed by atoms with E-state index in [9.17, 15) is 34.8 Å². The number of ketones is 2. The Hall–Kier alpha value is -4.19. The highest BCUT2D eigenvalue weighted by atomic mass is 16.3. The Balaban J connectivity index is 1.30. The number of carbonyl (C=O) groups is 3.